The van der Waals surface area contributed by atoms with Gasteiger partial charge in [0.2, 0.25) is 0 Å². The number of ether oxygens (including phenoxy) is 2. The average Bonchev–Trinajstić information content (AvgIpc) is 2.89. The highest BCUT2D eigenvalue weighted by Crippen LogP contribution is 2.30. The lowest BCUT2D eigenvalue weighted by Gasteiger charge is -2.19. The summed E-state index contributed by atoms with van der Waals surface area (Å²) in [6, 6.07) is 6.77. The highest BCUT2D eigenvalue weighted by atomic mass is 16.6. The Morgan fingerprint density at radius 3 is 2.65 bits per heavy atom. The fraction of sp³-hybridized carbons (Fsp3) is 0.429. The molecule has 3 nitrogen and oxygen atoms in total. The van der Waals surface area contributed by atoms with Crippen LogP contribution in [0.3, 0.4) is 0 Å². The van der Waals surface area contributed by atoms with E-state index in [1.807, 2.05) is 6.07 Å². The first-order valence-electron chi connectivity index (χ1n) is 6.19. The molecule has 17 heavy (non-hydrogen) atoms. The predicted octanol–water partition coefficient (Wildman–Crippen LogP) is 2.27. The third-order valence-corrected chi connectivity index (χ3v) is 3.21. The van der Waals surface area contributed by atoms with Gasteiger partial charge < -0.3 is 14.8 Å². The number of nitrogens with one attached hydrogen (secondary N) is 1. The Hall–Kier alpha value is -1.48. The average molecular weight is 231 g/mol. The van der Waals surface area contributed by atoms with E-state index in [-0.39, 0.29) is 0 Å². The van der Waals surface area contributed by atoms with Gasteiger partial charge in [-0.3, -0.25) is 0 Å². The molecule has 2 aliphatic rings. The van der Waals surface area contributed by atoms with Crippen LogP contribution in [0.2, 0.25) is 0 Å². The van der Waals surface area contributed by atoms with Crippen molar-refractivity contribution in [2.75, 3.05) is 13.2 Å². The van der Waals surface area contributed by atoms with E-state index in [0.29, 0.717) is 19.3 Å². The van der Waals surface area contributed by atoms with Gasteiger partial charge in [0.15, 0.2) is 11.5 Å². The number of rotatable bonds is 3. The number of hydrogen-bond acceptors (Lipinski definition) is 3. The van der Waals surface area contributed by atoms with Crippen LogP contribution in [-0.2, 0) is 6.54 Å². The van der Waals surface area contributed by atoms with E-state index in [9.17, 15) is 0 Å². The summed E-state index contributed by atoms with van der Waals surface area (Å²) in [5, 5.41) is 3.55. The van der Waals surface area contributed by atoms with Crippen molar-refractivity contribution in [1.82, 2.24) is 5.32 Å². The minimum atomic E-state index is 0.600. The molecule has 0 spiro atoms. The van der Waals surface area contributed by atoms with E-state index >= 15 is 0 Å². The summed E-state index contributed by atoms with van der Waals surface area (Å²) in [5.74, 6) is 1.74. The van der Waals surface area contributed by atoms with Gasteiger partial charge in [-0.05, 0) is 30.5 Å². The molecular formula is C14H17NO2. The molecule has 0 bridgehead atoms. The standard InChI is InChI=1S/C14H17NO2/c1-2-4-12(3-1)15-10-11-5-6-13-14(9-11)17-8-7-16-13/h1-2,5-6,9,12,15H,3-4,7-8,10H2. The Morgan fingerprint density at radius 2 is 1.82 bits per heavy atom. The zero-order valence-corrected chi connectivity index (χ0v) is 9.82. The van der Waals surface area contributed by atoms with Crippen molar-refractivity contribution in [2.24, 2.45) is 0 Å². The second-order valence-corrected chi connectivity index (χ2v) is 4.50. The van der Waals surface area contributed by atoms with Crippen molar-refractivity contribution < 1.29 is 9.47 Å². The SMILES string of the molecule is C1=CCC(NCc2ccc3c(c2)OCCO3)C1. The molecular weight excluding hydrogens is 214 g/mol. The van der Waals surface area contributed by atoms with Crippen LogP contribution in [-0.4, -0.2) is 19.3 Å². The second kappa shape index (κ2) is 4.80. The van der Waals surface area contributed by atoms with Crippen molar-refractivity contribution in [3.63, 3.8) is 0 Å². The van der Waals surface area contributed by atoms with Gasteiger partial charge in [0.05, 0.1) is 0 Å². The van der Waals surface area contributed by atoms with Crippen LogP contribution in [0.4, 0.5) is 0 Å². The summed E-state index contributed by atoms with van der Waals surface area (Å²) >= 11 is 0. The Morgan fingerprint density at radius 1 is 1.06 bits per heavy atom. The summed E-state index contributed by atoms with van der Waals surface area (Å²) in [6.07, 6.45) is 6.76. The van der Waals surface area contributed by atoms with Crippen LogP contribution >= 0.6 is 0 Å². The molecule has 0 saturated heterocycles. The van der Waals surface area contributed by atoms with Gasteiger partial charge in [-0.15, -0.1) is 0 Å². The maximum atomic E-state index is 5.57. The predicted molar refractivity (Wildman–Crippen MR) is 66.4 cm³/mol. The van der Waals surface area contributed by atoms with Crippen molar-refractivity contribution in [3.8, 4) is 11.5 Å². The fourth-order valence-electron chi connectivity index (χ4n) is 2.24. The van der Waals surface area contributed by atoms with Crippen molar-refractivity contribution in [3.05, 3.63) is 35.9 Å². The molecule has 0 fully saturated rings. The molecule has 1 aromatic carbocycles. The molecule has 1 aliphatic carbocycles. The van der Waals surface area contributed by atoms with E-state index < -0.39 is 0 Å². The molecule has 0 atom stereocenters. The quantitative estimate of drug-likeness (QED) is 0.809. The highest BCUT2D eigenvalue weighted by molar-refractivity contribution is 5.43. The van der Waals surface area contributed by atoms with E-state index in [1.165, 1.54) is 5.56 Å². The van der Waals surface area contributed by atoms with Crippen LogP contribution in [0.25, 0.3) is 0 Å². The zero-order valence-electron chi connectivity index (χ0n) is 9.82. The van der Waals surface area contributed by atoms with E-state index in [0.717, 1.165) is 30.9 Å². The normalized spacial score (nSPS) is 18.6. The summed E-state index contributed by atoms with van der Waals surface area (Å²) in [5.41, 5.74) is 1.25. The molecule has 0 radical (unpaired) electrons. The van der Waals surface area contributed by atoms with Crippen LogP contribution < -0.4 is 14.8 Å². The Bertz CT molecular complexity index is 420. The molecule has 90 valence electrons. The van der Waals surface area contributed by atoms with Gasteiger partial charge in [0, 0.05) is 12.6 Å². The lowest BCUT2D eigenvalue weighted by Crippen LogP contribution is -2.25. The first kappa shape index (κ1) is 10.7. The van der Waals surface area contributed by atoms with Crippen molar-refractivity contribution >= 4 is 0 Å². The molecule has 3 rings (SSSR count). The Kier molecular flexibility index (Phi) is 3.01. The van der Waals surface area contributed by atoms with Gasteiger partial charge in [-0.2, -0.15) is 0 Å². The first-order chi connectivity index (χ1) is 8.42. The van der Waals surface area contributed by atoms with Gasteiger partial charge in [0.25, 0.3) is 0 Å². The largest absolute Gasteiger partial charge is 0.486 e. The Labute approximate surface area is 101 Å². The minimum absolute atomic E-state index is 0.600. The zero-order chi connectivity index (χ0) is 11.5. The maximum Gasteiger partial charge on any atom is 0.161 e. The lowest BCUT2D eigenvalue weighted by molar-refractivity contribution is 0.171. The van der Waals surface area contributed by atoms with Crippen molar-refractivity contribution in [1.29, 1.82) is 0 Å². The van der Waals surface area contributed by atoms with Gasteiger partial charge in [-0.1, -0.05) is 18.2 Å². The molecule has 0 amide bonds. The summed E-state index contributed by atoms with van der Waals surface area (Å²) in [4.78, 5) is 0. The second-order valence-electron chi connectivity index (χ2n) is 4.50. The molecule has 0 saturated carbocycles. The molecule has 0 unspecified atom stereocenters. The van der Waals surface area contributed by atoms with Crippen LogP contribution in [0.1, 0.15) is 18.4 Å². The molecule has 0 aromatic heterocycles. The first-order valence-corrected chi connectivity index (χ1v) is 6.19. The summed E-state index contributed by atoms with van der Waals surface area (Å²) < 4.78 is 11.1. The molecule has 1 aliphatic heterocycles. The highest BCUT2D eigenvalue weighted by Gasteiger charge is 2.13. The third kappa shape index (κ3) is 2.44. The van der Waals surface area contributed by atoms with E-state index in [2.05, 4.69) is 29.6 Å². The molecule has 1 aromatic rings. The molecule has 3 heteroatoms. The maximum absolute atomic E-state index is 5.57. The lowest BCUT2D eigenvalue weighted by atomic mass is 10.1. The van der Waals surface area contributed by atoms with Crippen LogP contribution in [0, 0.1) is 0 Å². The number of hydrogen-bond donors (Lipinski definition) is 1. The topological polar surface area (TPSA) is 30.5 Å². The van der Waals surface area contributed by atoms with Gasteiger partial charge in [0.1, 0.15) is 13.2 Å². The van der Waals surface area contributed by atoms with Crippen LogP contribution in [0.5, 0.6) is 11.5 Å². The van der Waals surface area contributed by atoms with Crippen LogP contribution in [0.15, 0.2) is 30.4 Å². The Balaban J connectivity index is 1.63. The van der Waals surface area contributed by atoms with Gasteiger partial charge >= 0.3 is 0 Å². The minimum Gasteiger partial charge on any atom is -0.486 e. The number of fused-ring (bicyclic) bond motifs is 1. The number of benzene rings is 1. The summed E-state index contributed by atoms with van der Waals surface area (Å²) in [6.45, 7) is 2.19. The van der Waals surface area contributed by atoms with Gasteiger partial charge in [-0.25, -0.2) is 0 Å². The van der Waals surface area contributed by atoms with Crippen molar-refractivity contribution in [2.45, 2.75) is 25.4 Å². The van der Waals surface area contributed by atoms with E-state index in [1.54, 1.807) is 0 Å². The molecule has 1 heterocycles. The fourth-order valence-corrected chi connectivity index (χ4v) is 2.24. The monoisotopic (exact) mass is 231 g/mol. The molecule has 1 N–H and O–H groups in total. The smallest absolute Gasteiger partial charge is 0.161 e. The third-order valence-electron chi connectivity index (χ3n) is 3.21. The summed E-state index contributed by atoms with van der Waals surface area (Å²) in [7, 11) is 0. The van der Waals surface area contributed by atoms with E-state index in [4.69, 9.17) is 9.47 Å².